The number of anilines is 2. The maximum absolute atomic E-state index is 12.5. The Bertz CT molecular complexity index is 828. The fourth-order valence-electron chi connectivity index (χ4n) is 2.91. The van der Waals surface area contributed by atoms with E-state index in [4.69, 9.17) is 0 Å². The molecule has 1 aliphatic rings. The number of carbonyl (C=O) groups excluding carboxylic acids is 3. The van der Waals surface area contributed by atoms with Crippen LogP contribution in [0.4, 0.5) is 11.4 Å². The minimum absolute atomic E-state index is 0.142. The van der Waals surface area contributed by atoms with Crippen LogP contribution in [0.15, 0.2) is 48.5 Å². The van der Waals surface area contributed by atoms with E-state index >= 15 is 0 Å². The van der Waals surface area contributed by atoms with Crippen LogP contribution in [0, 0.1) is 0 Å². The lowest BCUT2D eigenvalue weighted by atomic mass is 10.1. The van der Waals surface area contributed by atoms with E-state index in [9.17, 15) is 14.4 Å². The van der Waals surface area contributed by atoms with Gasteiger partial charge in [-0.15, -0.1) is 0 Å². The summed E-state index contributed by atoms with van der Waals surface area (Å²) in [6, 6.07) is 14.5. The molecule has 6 heteroatoms. The van der Waals surface area contributed by atoms with Crippen molar-refractivity contribution in [3.05, 3.63) is 59.7 Å². The van der Waals surface area contributed by atoms with Gasteiger partial charge in [-0.25, -0.2) is 0 Å². The average molecular weight is 351 g/mol. The number of amides is 3. The first-order chi connectivity index (χ1) is 12.5. The topological polar surface area (TPSA) is 69.7 Å². The first-order valence-corrected chi connectivity index (χ1v) is 8.45. The molecule has 6 nitrogen and oxygen atoms in total. The van der Waals surface area contributed by atoms with Crippen LogP contribution in [0.2, 0.25) is 0 Å². The van der Waals surface area contributed by atoms with Crippen molar-refractivity contribution in [3.8, 4) is 0 Å². The van der Waals surface area contributed by atoms with E-state index in [-0.39, 0.29) is 37.1 Å². The number of hydrogen-bond donors (Lipinski definition) is 1. The maximum Gasteiger partial charge on any atom is 0.255 e. The van der Waals surface area contributed by atoms with Gasteiger partial charge in [0, 0.05) is 32.5 Å². The molecule has 3 amide bonds. The highest BCUT2D eigenvalue weighted by Crippen LogP contribution is 2.24. The molecular formula is C20H21N3O3. The highest BCUT2D eigenvalue weighted by Gasteiger charge is 2.28. The van der Waals surface area contributed by atoms with Crippen molar-refractivity contribution in [3.63, 3.8) is 0 Å². The summed E-state index contributed by atoms with van der Waals surface area (Å²) in [6.07, 6.45) is 0.565. The van der Waals surface area contributed by atoms with Gasteiger partial charge in [0.2, 0.25) is 11.8 Å². The smallest absolute Gasteiger partial charge is 0.255 e. The zero-order valence-electron chi connectivity index (χ0n) is 14.9. The van der Waals surface area contributed by atoms with E-state index in [1.807, 2.05) is 43.3 Å². The second-order valence-electron chi connectivity index (χ2n) is 6.44. The van der Waals surface area contributed by atoms with Crippen LogP contribution in [-0.2, 0) is 16.1 Å². The predicted molar refractivity (Wildman–Crippen MR) is 100.0 cm³/mol. The summed E-state index contributed by atoms with van der Waals surface area (Å²) >= 11 is 0. The van der Waals surface area contributed by atoms with Gasteiger partial charge in [0.05, 0.1) is 17.9 Å². The lowest BCUT2D eigenvalue weighted by Gasteiger charge is -2.18. The zero-order valence-corrected chi connectivity index (χ0v) is 14.9. The monoisotopic (exact) mass is 351 g/mol. The average Bonchev–Trinajstić information content (AvgIpc) is 2.94. The molecule has 2 aromatic carbocycles. The quantitative estimate of drug-likeness (QED) is 0.841. The molecule has 134 valence electrons. The third-order valence-electron chi connectivity index (χ3n) is 4.35. The van der Waals surface area contributed by atoms with Gasteiger partial charge in [0.1, 0.15) is 0 Å². The first kappa shape index (κ1) is 17.7. The Morgan fingerprint density at radius 1 is 1.00 bits per heavy atom. The summed E-state index contributed by atoms with van der Waals surface area (Å²) in [7, 11) is 3.83. The second kappa shape index (κ2) is 7.39. The summed E-state index contributed by atoms with van der Waals surface area (Å²) < 4.78 is 0. The number of rotatable bonds is 5. The van der Waals surface area contributed by atoms with Gasteiger partial charge >= 0.3 is 0 Å². The number of nitrogens with zero attached hydrogens (tertiary/aromatic N) is 2. The number of carbonyl (C=O) groups is 3. The van der Waals surface area contributed by atoms with Gasteiger partial charge in [0.25, 0.3) is 5.91 Å². The van der Waals surface area contributed by atoms with Crippen LogP contribution in [-0.4, -0.2) is 36.7 Å². The fraction of sp³-hybridized carbons (Fsp3) is 0.250. The summed E-state index contributed by atoms with van der Waals surface area (Å²) in [5.74, 6) is -0.492. The molecule has 0 saturated carbocycles. The minimum atomic E-state index is -0.209. The number of para-hydroxylation sites is 2. The zero-order chi connectivity index (χ0) is 18.7. The second-order valence-corrected chi connectivity index (χ2v) is 6.44. The molecule has 0 bridgehead atoms. The Morgan fingerprint density at radius 3 is 2.23 bits per heavy atom. The number of imide groups is 1. The van der Waals surface area contributed by atoms with E-state index < -0.39 is 0 Å². The van der Waals surface area contributed by atoms with E-state index in [1.54, 1.807) is 24.3 Å². The Kier molecular flexibility index (Phi) is 5.02. The van der Waals surface area contributed by atoms with Gasteiger partial charge in [-0.3, -0.25) is 19.3 Å². The normalized spacial score (nSPS) is 13.8. The van der Waals surface area contributed by atoms with Crippen molar-refractivity contribution in [1.82, 2.24) is 4.90 Å². The van der Waals surface area contributed by atoms with Gasteiger partial charge in [-0.1, -0.05) is 24.3 Å². The van der Waals surface area contributed by atoms with Crippen LogP contribution < -0.4 is 10.2 Å². The van der Waals surface area contributed by atoms with Crippen molar-refractivity contribution >= 4 is 29.1 Å². The summed E-state index contributed by atoms with van der Waals surface area (Å²) in [5, 5.41) is 2.92. The Labute approximate surface area is 152 Å². The molecule has 0 atom stereocenters. The van der Waals surface area contributed by atoms with Gasteiger partial charge in [0.15, 0.2) is 0 Å². The van der Waals surface area contributed by atoms with Crippen molar-refractivity contribution in [2.45, 2.75) is 19.4 Å². The van der Waals surface area contributed by atoms with Gasteiger partial charge in [-0.05, 0) is 29.8 Å². The Balaban J connectivity index is 1.70. The number of likely N-dealkylation sites (tertiary alicyclic amines) is 1. The number of nitrogens with one attached hydrogen (secondary N) is 1. The maximum atomic E-state index is 12.5. The van der Waals surface area contributed by atoms with Gasteiger partial charge in [-0.2, -0.15) is 0 Å². The molecule has 0 aliphatic carbocycles. The highest BCUT2D eigenvalue weighted by atomic mass is 16.2. The molecule has 0 unspecified atom stereocenters. The first-order valence-electron chi connectivity index (χ1n) is 8.45. The standard InChI is InChI=1S/C20H21N3O3/c1-22(2)17-6-4-3-5-16(17)21-20(26)15-9-7-14(8-10-15)13-23-18(24)11-12-19(23)25/h3-10H,11-13H2,1-2H3,(H,21,26). The fourth-order valence-corrected chi connectivity index (χ4v) is 2.91. The molecule has 1 N–H and O–H groups in total. The van der Waals surface area contributed by atoms with Crippen LogP contribution in [0.3, 0.4) is 0 Å². The van der Waals surface area contributed by atoms with Crippen molar-refractivity contribution in [2.75, 3.05) is 24.3 Å². The number of hydrogen-bond acceptors (Lipinski definition) is 4. The third kappa shape index (κ3) is 3.74. The lowest BCUT2D eigenvalue weighted by Crippen LogP contribution is -2.28. The molecule has 3 rings (SSSR count). The largest absolute Gasteiger partial charge is 0.376 e. The Hall–Kier alpha value is -3.15. The third-order valence-corrected chi connectivity index (χ3v) is 4.35. The van der Waals surface area contributed by atoms with E-state index in [2.05, 4.69) is 5.32 Å². The molecule has 26 heavy (non-hydrogen) atoms. The minimum Gasteiger partial charge on any atom is -0.376 e. The van der Waals surface area contributed by atoms with E-state index in [0.717, 1.165) is 16.9 Å². The molecule has 0 radical (unpaired) electrons. The van der Waals surface area contributed by atoms with Crippen molar-refractivity contribution in [2.24, 2.45) is 0 Å². The Morgan fingerprint density at radius 2 is 1.62 bits per heavy atom. The lowest BCUT2D eigenvalue weighted by molar-refractivity contribution is -0.139. The van der Waals surface area contributed by atoms with Crippen molar-refractivity contribution in [1.29, 1.82) is 0 Å². The van der Waals surface area contributed by atoms with Crippen LogP contribution in [0.25, 0.3) is 0 Å². The molecule has 1 aliphatic heterocycles. The predicted octanol–water partition coefficient (Wildman–Crippen LogP) is 2.65. The highest BCUT2D eigenvalue weighted by molar-refractivity contribution is 6.06. The summed E-state index contributed by atoms with van der Waals surface area (Å²) in [5.41, 5.74) is 2.99. The SMILES string of the molecule is CN(C)c1ccccc1NC(=O)c1ccc(CN2C(=O)CCC2=O)cc1. The van der Waals surface area contributed by atoms with Crippen LogP contribution >= 0.6 is 0 Å². The number of benzene rings is 2. The molecule has 1 heterocycles. The van der Waals surface area contributed by atoms with Crippen LogP contribution in [0.5, 0.6) is 0 Å². The molecule has 1 fully saturated rings. The molecule has 2 aromatic rings. The van der Waals surface area contributed by atoms with E-state index in [1.165, 1.54) is 4.90 Å². The molecule has 0 spiro atoms. The van der Waals surface area contributed by atoms with Crippen molar-refractivity contribution < 1.29 is 14.4 Å². The molecular weight excluding hydrogens is 330 g/mol. The van der Waals surface area contributed by atoms with E-state index in [0.29, 0.717) is 5.56 Å². The van der Waals surface area contributed by atoms with Crippen LogP contribution in [0.1, 0.15) is 28.8 Å². The molecule has 1 saturated heterocycles. The summed E-state index contributed by atoms with van der Waals surface area (Å²) in [6.45, 7) is 0.253. The molecule has 0 aromatic heterocycles. The summed E-state index contributed by atoms with van der Waals surface area (Å²) in [4.78, 5) is 39.1. The van der Waals surface area contributed by atoms with Gasteiger partial charge < -0.3 is 10.2 Å².